The van der Waals surface area contributed by atoms with E-state index in [1.54, 1.807) is 6.07 Å². The lowest BCUT2D eigenvalue weighted by molar-refractivity contribution is 0.600. The molecule has 1 fully saturated rings. The Morgan fingerprint density at radius 2 is 1.88 bits per heavy atom. The first-order valence-electron chi connectivity index (χ1n) is 11.5. The number of nitrogens with one attached hydrogen (secondary N) is 1. The molecule has 0 bridgehead atoms. The summed E-state index contributed by atoms with van der Waals surface area (Å²) in [5, 5.41) is 3.03. The molecule has 1 unspecified atom stereocenters. The van der Waals surface area contributed by atoms with Crippen LogP contribution in [0.15, 0.2) is 36.7 Å². The molecule has 0 aliphatic carbocycles. The normalized spacial score (nSPS) is 16.1. The standard InChI is InChI=1S/C25H27F2N7/c1-14(2)34-16(4)30-24-19(26)10-17(11-21(24)34)23-20(27)13-29-25(32-23)31-22-8-7-18(12-28-22)33-9-5-6-15(33)3/h7-8,10-15H,5-6,9H2,1-4H3,(H,28,29,31,32). The summed E-state index contributed by atoms with van der Waals surface area (Å²) in [6.45, 7) is 9.05. The van der Waals surface area contributed by atoms with E-state index in [-0.39, 0.29) is 23.2 Å². The summed E-state index contributed by atoms with van der Waals surface area (Å²) in [5.41, 5.74) is 2.26. The van der Waals surface area contributed by atoms with E-state index in [9.17, 15) is 8.78 Å². The number of pyridine rings is 1. The molecule has 9 heteroatoms. The zero-order valence-corrected chi connectivity index (χ0v) is 19.7. The topological polar surface area (TPSA) is 71.8 Å². The van der Waals surface area contributed by atoms with Gasteiger partial charge in [-0.25, -0.2) is 28.7 Å². The lowest BCUT2D eigenvalue weighted by Crippen LogP contribution is -2.26. The fourth-order valence-electron chi connectivity index (χ4n) is 4.75. The van der Waals surface area contributed by atoms with Crippen LogP contribution in [0.2, 0.25) is 0 Å². The first-order chi connectivity index (χ1) is 16.3. The summed E-state index contributed by atoms with van der Waals surface area (Å²) in [5.74, 6) is 0.270. The van der Waals surface area contributed by atoms with Crippen molar-refractivity contribution in [3.05, 3.63) is 54.1 Å². The van der Waals surface area contributed by atoms with E-state index in [2.05, 4.69) is 37.1 Å². The maximum Gasteiger partial charge on any atom is 0.229 e. The van der Waals surface area contributed by atoms with Crippen molar-refractivity contribution in [2.24, 2.45) is 0 Å². The summed E-state index contributed by atoms with van der Waals surface area (Å²) in [4.78, 5) is 19.5. The number of hydrogen-bond donors (Lipinski definition) is 1. The lowest BCUT2D eigenvalue weighted by atomic mass is 10.1. The Morgan fingerprint density at radius 3 is 2.56 bits per heavy atom. The molecule has 0 amide bonds. The summed E-state index contributed by atoms with van der Waals surface area (Å²) < 4.78 is 31.5. The quantitative estimate of drug-likeness (QED) is 0.404. The van der Waals surface area contributed by atoms with Crippen molar-refractivity contribution in [1.29, 1.82) is 0 Å². The van der Waals surface area contributed by atoms with Gasteiger partial charge in [-0.05, 0) is 64.8 Å². The van der Waals surface area contributed by atoms with E-state index in [0.29, 0.717) is 28.8 Å². The number of nitrogens with zero attached hydrogens (tertiary/aromatic N) is 6. The molecular formula is C25H27F2N7. The van der Waals surface area contributed by atoms with Crippen molar-refractivity contribution in [3.8, 4) is 11.3 Å². The Kier molecular flexibility index (Phi) is 5.63. The Morgan fingerprint density at radius 1 is 1.06 bits per heavy atom. The van der Waals surface area contributed by atoms with E-state index < -0.39 is 11.6 Å². The third kappa shape index (κ3) is 3.95. The van der Waals surface area contributed by atoms with Gasteiger partial charge in [-0.2, -0.15) is 0 Å². The van der Waals surface area contributed by atoms with Gasteiger partial charge in [-0.1, -0.05) is 0 Å². The predicted octanol–water partition coefficient (Wildman–Crippen LogP) is 5.79. The Labute approximate surface area is 196 Å². The van der Waals surface area contributed by atoms with Crippen LogP contribution in [-0.2, 0) is 0 Å². The van der Waals surface area contributed by atoms with Crippen LogP contribution in [-0.4, -0.2) is 37.1 Å². The van der Waals surface area contributed by atoms with Gasteiger partial charge in [0.25, 0.3) is 0 Å². The molecule has 4 heterocycles. The minimum Gasteiger partial charge on any atom is -0.368 e. The largest absolute Gasteiger partial charge is 0.368 e. The smallest absolute Gasteiger partial charge is 0.229 e. The van der Waals surface area contributed by atoms with Gasteiger partial charge in [0.1, 0.15) is 22.9 Å². The Balaban J connectivity index is 1.46. The van der Waals surface area contributed by atoms with Crippen molar-refractivity contribution >= 4 is 28.5 Å². The molecule has 1 aliphatic rings. The predicted molar refractivity (Wildman–Crippen MR) is 129 cm³/mol. The van der Waals surface area contributed by atoms with Crippen LogP contribution in [0, 0.1) is 18.6 Å². The molecule has 1 saturated heterocycles. The Bertz CT molecular complexity index is 1350. The molecule has 0 spiro atoms. The first kappa shape index (κ1) is 22.2. The van der Waals surface area contributed by atoms with Crippen LogP contribution in [0.5, 0.6) is 0 Å². The van der Waals surface area contributed by atoms with E-state index in [1.165, 1.54) is 18.9 Å². The van der Waals surface area contributed by atoms with Crippen molar-refractivity contribution in [2.45, 2.75) is 52.6 Å². The maximum atomic E-state index is 14.9. The number of imidazole rings is 1. The summed E-state index contributed by atoms with van der Waals surface area (Å²) in [6.07, 6.45) is 5.25. The zero-order valence-electron chi connectivity index (χ0n) is 19.7. The minimum atomic E-state index is -0.636. The highest BCUT2D eigenvalue weighted by molar-refractivity contribution is 5.83. The number of benzene rings is 1. The van der Waals surface area contributed by atoms with Crippen LogP contribution in [0.3, 0.4) is 0 Å². The fraction of sp³-hybridized carbons (Fsp3) is 0.360. The summed E-state index contributed by atoms with van der Waals surface area (Å²) in [7, 11) is 0. The number of halogens is 2. The third-order valence-corrected chi connectivity index (χ3v) is 6.33. The third-order valence-electron chi connectivity index (χ3n) is 6.33. The summed E-state index contributed by atoms with van der Waals surface area (Å²) in [6, 6.07) is 7.40. The zero-order chi connectivity index (χ0) is 24.0. The van der Waals surface area contributed by atoms with Gasteiger partial charge < -0.3 is 14.8 Å². The van der Waals surface area contributed by atoms with Gasteiger partial charge in [0.2, 0.25) is 5.95 Å². The van der Waals surface area contributed by atoms with Gasteiger partial charge in [-0.15, -0.1) is 0 Å². The van der Waals surface area contributed by atoms with Crippen LogP contribution in [0.25, 0.3) is 22.3 Å². The highest BCUT2D eigenvalue weighted by Gasteiger charge is 2.21. The molecule has 1 atom stereocenters. The van der Waals surface area contributed by atoms with Gasteiger partial charge in [0, 0.05) is 24.2 Å². The molecule has 5 rings (SSSR count). The number of fused-ring (bicyclic) bond motifs is 1. The van der Waals surface area contributed by atoms with Crippen LogP contribution >= 0.6 is 0 Å². The number of aromatic nitrogens is 5. The van der Waals surface area contributed by atoms with Gasteiger partial charge in [0.05, 0.1) is 23.6 Å². The molecule has 1 N–H and O–H groups in total. The number of anilines is 3. The maximum absolute atomic E-state index is 14.9. The van der Waals surface area contributed by atoms with Crippen molar-refractivity contribution in [2.75, 3.05) is 16.8 Å². The number of aryl methyl sites for hydroxylation is 1. The molecular weight excluding hydrogens is 436 g/mol. The molecule has 0 radical (unpaired) electrons. The lowest BCUT2D eigenvalue weighted by Gasteiger charge is -2.23. The van der Waals surface area contributed by atoms with Crippen LogP contribution in [0.1, 0.15) is 45.5 Å². The summed E-state index contributed by atoms with van der Waals surface area (Å²) >= 11 is 0. The Hall–Kier alpha value is -3.62. The molecule has 34 heavy (non-hydrogen) atoms. The molecule has 7 nitrogen and oxygen atoms in total. The molecule has 0 saturated carbocycles. The van der Waals surface area contributed by atoms with E-state index >= 15 is 0 Å². The SMILES string of the molecule is Cc1nc2c(F)cc(-c3nc(Nc4ccc(N5CCCC5C)cn4)ncc3F)cc2n1C(C)C. The molecule has 4 aromatic rings. The average molecular weight is 464 g/mol. The number of rotatable bonds is 5. The number of hydrogen-bond acceptors (Lipinski definition) is 6. The second-order valence-electron chi connectivity index (χ2n) is 9.05. The van der Waals surface area contributed by atoms with Crippen molar-refractivity contribution in [3.63, 3.8) is 0 Å². The monoisotopic (exact) mass is 463 g/mol. The van der Waals surface area contributed by atoms with Gasteiger partial charge >= 0.3 is 0 Å². The van der Waals surface area contributed by atoms with E-state index in [0.717, 1.165) is 18.4 Å². The minimum absolute atomic E-state index is 0.00923. The van der Waals surface area contributed by atoms with Crippen LogP contribution in [0.4, 0.5) is 26.2 Å². The first-order valence-corrected chi connectivity index (χ1v) is 11.5. The second kappa shape index (κ2) is 8.62. The average Bonchev–Trinajstić information content (AvgIpc) is 3.38. The second-order valence-corrected chi connectivity index (χ2v) is 9.05. The van der Waals surface area contributed by atoms with Gasteiger partial charge in [-0.3, -0.25) is 0 Å². The van der Waals surface area contributed by atoms with Crippen molar-refractivity contribution < 1.29 is 8.78 Å². The highest BCUT2D eigenvalue weighted by Crippen LogP contribution is 2.31. The highest BCUT2D eigenvalue weighted by atomic mass is 19.1. The van der Waals surface area contributed by atoms with E-state index in [4.69, 9.17) is 0 Å². The van der Waals surface area contributed by atoms with Crippen molar-refractivity contribution in [1.82, 2.24) is 24.5 Å². The molecule has 176 valence electrons. The molecule has 3 aromatic heterocycles. The van der Waals surface area contributed by atoms with E-state index in [1.807, 2.05) is 43.7 Å². The van der Waals surface area contributed by atoms with Gasteiger partial charge in [0.15, 0.2) is 11.6 Å². The fourth-order valence-corrected chi connectivity index (χ4v) is 4.75. The van der Waals surface area contributed by atoms with Crippen LogP contribution < -0.4 is 10.2 Å². The molecule has 1 aromatic carbocycles. The molecule has 1 aliphatic heterocycles.